The summed E-state index contributed by atoms with van der Waals surface area (Å²) in [4.78, 5) is 4.40. The number of fused-ring (bicyclic) bond motifs is 1. The first-order valence-corrected chi connectivity index (χ1v) is 5.28. The second-order valence-electron chi connectivity index (χ2n) is 3.49. The van der Waals surface area contributed by atoms with Gasteiger partial charge in [-0.3, -0.25) is 4.98 Å². The molecule has 15 heavy (non-hydrogen) atoms. The van der Waals surface area contributed by atoms with E-state index in [4.69, 9.17) is 28.9 Å². The first kappa shape index (κ1) is 10.5. The van der Waals surface area contributed by atoms with Gasteiger partial charge in [0, 0.05) is 10.4 Å². The molecule has 0 unspecified atom stereocenters. The van der Waals surface area contributed by atoms with Crippen LogP contribution in [0.1, 0.15) is 11.3 Å². The fraction of sp³-hybridized carbons (Fsp3) is 0.182. The van der Waals surface area contributed by atoms with Gasteiger partial charge in [-0.25, -0.2) is 0 Å². The highest BCUT2D eigenvalue weighted by molar-refractivity contribution is 6.35. The smallest absolute Gasteiger partial charge is 0.0854 e. The first-order valence-electron chi connectivity index (χ1n) is 4.52. The van der Waals surface area contributed by atoms with E-state index in [0.717, 1.165) is 22.2 Å². The van der Waals surface area contributed by atoms with Crippen molar-refractivity contribution in [3.8, 4) is 0 Å². The molecule has 2 nitrogen and oxygen atoms in total. The van der Waals surface area contributed by atoms with Gasteiger partial charge in [0.05, 0.1) is 21.9 Å². The van der Waals surface area contributed by atoms with Crippen LogP contribution >= 0.6 is 23.2 Å². The number of rotatable bonds is 0. The molecule has 0 aliphatic rings. The molecular formula is C11H10Cl2N2. The molecule has 0 saturated carbocycles. The summed E-state index contributed by atoms with van der Waals surface area (Å²) in [5.74, 6) is 0. The van der Waals surface area contributed by atoms with Crippen molar-refractivity contribution in [2.75, 3.05) is 5.73 Å². The summed E-state index contributed by atoms with van der Waals surface area (Å²) in [5.41, 5.74) is 8.97. The third-order valence-corrected chi connectivity index (χ3v) is 3.38. The van der Waals surface area contributed by atoms with Crippen molar-refractivity contribution in [1.82, 2.24) is 4.98 Å². The summed E-state index contributed by atoms with van der Waals surface area (Å²) in [6.45, 7) is 3.75. The van der Waals surface area contributed by atoms with Gasteiger partial charge in [0.2, 0.25) is 0 Å². The molecule has 1 heterocycles. The Hall–Kier alpha value is -0.990. The second-order valence-corrected chi connectivity index (χ2v) is 4.28. The van der Waals surface area contributed by atoms with E-state index >= 15 is 0 Å². The third-order valence-electron chi connectivity index (χ3n) is 2.49. The molecule has 1 aromatic carbocycles. The molecule has 4 heteroatoms. The van der Waals surface area contributed by atoms with E-state index in [1.54, 1.807) is 0 Å². The van der Waals surface area contributed by atoms with Crippen molar-refractivity contribution < 1.29 is 0 Å². The Morgan fingerprint density at radius 3 is 2.53 bits per heavy atom. The van der Waals surface area contributed by atoms with Crippen LogP contribution in [0.5, 0.6) is 0 Å². The number of benzene rings is 1. The largest absolute Gasteiger partial charge is 0.397 e. The summed E-state index contributed by atoms with van der Waals surface area (Å²) < 4.78 is 0. The van der Waals surface area contributed by atoms with Gasteiger partial charge in [-0.1, -0.05) is 23.2 Å². The van der Waals surface area contributed by atoms with Gasteiger partial charge in [0.1, 0.15) is 0 Å². The van der Waals surface area contributed by atoms with E-state index in [2.05, 4.69) is 4.98 Å². The van der Waals surface area contributed by atoms with Gasteiger partial charge in [-0.05, 0) is 31.5 Å². The molecule has 2 N–H and O–H groups in total. The summed E-state index contributed by atoms with van der Waals surface area (Å²) in [7, 11) is 0. The molecule has 78 valence electrons. The molecule has 0 aliphatic heterocycles. The van der Waals surface area contributed by atoms with Crippen molar-refractivity contribution in [1.29, 1.82) is 0 Å². The number of anilines is 1. The summed E-state index contributed by atoms with van der Waals surface area (Å²) in [6.07, 6.45) is 0. The number of aromatic nitrogens is 1. The number of nitrogens with zero attached hydrogens (tertiary/aromatic N) is 1. The fourth-order valence-electron chi connectivity index (χ4n) is 1.57. The number of halogens is 2. The summed E-state index contributed by atoms with van der Waals surface area (Å²) in [5, 5.41) is 2.06. The van der Waals surface area contributed by atoms with Gasteiger partial charge in [0.25, 0.3) is 0 Å². The van der Waals surface area contributed by atoms with Gasteiger partial charge in [0.15, 0.2) is 0 Å². The molecule has 0 saturated heterocycles. The molecule has 0 bridgehead atoms. The van der Waals surface area contributed by atoms with Crippen LogP contribution < -0.4 is 5.73 Å². The van der Waals surface area contributed by atoms with Gasteiger partial charge >= 0.3 is 0 Å². The molecule has 0 amide bonds. The van der Waals surface area contributed by atoms with E-state index in [0.29, 0.717) is 15.7 Å². The lowest BCUT2D eigenvalue weighted by atomic mass is 10.1. The minimum atomic E-state index is 0.518. The highest BCUT2D eigenvalue weighted by Crippen LogP contribution is 2.33. The zero-order chi connectivity index (χ0) is 11.2. The molecule has 0 aliphatic carbocycles. The zero-order valence-corrected chi connectivity index (χ0v) is 9.95. The van der Waals surface area contributed by atoms with Crippen LogP contribution in [0.15, 0.2) is 12.1 Å². The lowest BCUT2D eigenvalue weighted by Gasteiger charge is -2.09. The number of hydrogen-bond donors (Lipinski definition) is 1. The maximum absolute atomic E-state index is 6.03. The Kier molecular flexibility index (Phi) is 2.49. The lowest BCUT2D eigenvalue weighted by molar-refractivity contribution is 1.24. The average Bonchev–Trinajstić information content (AvgIpc) is 2.21. The van der Waals surface area contributed by atoms with Gasteiger partial charge in [-0.15, -0.1) is 0 Å². The minimum absolute atomic E-state index is 0.518. The van der Waals surface area contributed by atoms with Crippen molar-refractivity contribution >= 4 is 39.8 Å². The van der Waals surface area contributed by atoms with Crippen molar-refractivity contribution in [3.63, 3.8) is 0 Å². The minimum Gasteiger partial charge on any atom is -0.397 e. The topological polar surface area (TPSA) is 38.9 Å². The number of pyridine rings is 1. The molecule has 0 radical (unpaired) electrons. The standard InChI is InChI=1S/C11H10Cl2N2/c1-5-8(12)4-3-7-10(14)9(13)6(2)15-11(5)7/h3-4H,1-2H3,(H2,14,15). The Bertz CT molecular complexity index is 550. The van der Waals surface area contributed by atoms with Crippen molar-refractivity contribution in [2.45, 2.75) is 13.8 Å². The van der Waals surface area contributed by atoms with Crippen LogP contribution in [0.25, 0.3) is 10.9 Å². The third kappa shape index (κ3) is 1.54. The SMILES string of the molecule is Cc1nc2c(C)c(Cl)ccc2c(N)c1Cl. The number of hydrogen-bond acceptors (Lipinski definition) is 2. The Balaban J connectivity index is 2.98. The summed E-state index contributed by atoms with van der Waals surface area (Å²) in [6, 6.07) is 3.65. The fourth-order valence-corrected chi connectivity index (χ4v) is 1.86. The molecule has 0 spiro atoms. The number of nitrogen functional groups attached to an aromatic ring is 1. The first-order chi connectivity index (χ1) is 7.02. The van der Waals surface area contributed by atoms with Crippen molar-refractivity contribution in [2.24, 2.45) is 0 Å². The quantitative estimate of drug-likeness (QED) is 0.762. The van der Waals surface area contributed by atoms with E-state index in [1.807, 2.05) is 26.0 Å². The molecule has 2 rings (SSSR count). The van der Waals surface area contributed by atoms with Crippen molar-refractivity contribution in [3.05, 3.63) is 33.4 Å². The second kappa shape index (κ2) is 3.54. The van der Waals surface area contributed by atoms with Gasteiger partial charge in [-0.2, -0.15) is 0 Å². The van der Waals surface area contributed by atoms with E-state index in [9.17, 15) is 0 Å². The maximum Gasteiger partial charge on any atom is 0.0854 e. The highest BCUT2D eigenvalue weighted by atomic mass is 35.5. The molecule has 1 aromatic heterocycles. The Labute approximate surface area is 98.0 Å². The van der Waals surface area contributed by atoms with E-state index in [1.165, 1.54) is 0 Å². The van der Waals surface area contributed by atoms with Crippen LogP contribution in [0, 0.1) is 13.8 Å². The molecule has 0 fully saturated rings. The Morgan fingerprint density at radius 1 is 1.20 bits per heavy atom. The predicted molar refractivity (Wildman–Crippen MR) is 65.6 cm³/mol. The van der Waals surface area contributed by atoms with Crippen LogP contribution in [0.2, 0.25) is 10.0 Å². The number of aryl methyl sites for hydroxylation is 2. The predicted octanol–water partition coefficient (Wildman–Crippen LogP) is 3.74. The van der Waals surface area contributed by atoms with Crippen LogP contribution in [0.3, 0.4) is 0 Å². The zero-order valence-electron chi connectivity index (χ0n) is 8.44. The van der Waals surface area contributed by atoms with Gasteiger partial charge < -0.3 is 5.73 Å². The average molecular weight is 241 g/mol. The van der Waals surface area contributed by atoms with Crippen LogP contribution in [-0.2, 0) is 0 Å². The molecular weight excluding hydrogens is 231 g/mol. The maximum atomic E-state index is 6.03. The summed E-state index contributed by atoms with van der Waals surface area (Å²) >= 11 is 12.0. The van der Waals surface area contributed by atoms with E-state index < -0.39 is 0 Å². The monoisotopic (exact) mass is 240 g/mol. The Morgan fingerprint density at radius 2 is 1.87 bits per heavy atom. The van der Waals surface area contributed by atoms with E-state index in [-0.39, 0.29) is 0 Å². The normalized spacial score (nSPS) is 10.9. The lowest BCUT2D eigenvalue weighted by Crippen LogP contribution is -1.96. The van der Waals surface area contributed by atoms with Crippen LogP contribution in [0.4, 0.5) is 5.69 Å². The molecule has 2 aromatic rings. The number of nitrogens with two attached hydrogens (primary N) is 1. The molecule has 0 atom stereocenters. The van der Waals surface area contributed by atoms with Crippen LogP contribution in [-0.4, -0.2) is 4.98 Å². The highest BCUT2D eigenvalue weighted by Gasteiger charge is 2.10.